The van der Waals surface area contributed by atoms with Gasteiger partial charge in [-0.25, -0.2) is 14.5 Å². The van der Waals surface area contributed by atoms with Crippen molar-refractivity contribution in [1.29, 1.82) is 0 Å². The Hall–Kier alpha value is -2.08. The molecule has 0 spiro atoms. The fourth-order valence-electron chi connectivity index (χ4n) is 3.37. The number of carbonyl (C=O) groups is 2. The van der Waals surface area contributed by atoms with Crippen molar-refractivity contribution < 1.29 is 29.1 Å². The van der Waals surface area contributed by atoms with E-state index in [0.717, 1.165) is 36.8 Å². The van der Waals surface area contributed by atoms with E-state index in [1.165, 1.54) is 0 Å². The molecular formula is C20H28O6. The van der Waals surface area contributed by atoms with Gasteiger partial charge in [-0.15, -0.1) is 0 Å². The molecule has 1 aliphatic rings. The second-order valence-electron chi connectivity index (χ2n) is 8.05. The zero-order chi connectivity index (χ0) is 19.3. The molecule has 2 rings (SSSR count). The third-order valence-electron chi connectivity index (χ3n) is 4.98. The van der Waals surface area contributed by atoms with Crippen molar-refractivity contribution in [2.45, 2.75) is 66.4 Å². The van der Waals surface area contributed by atoms with Gasteiger partial charge in [0.05, 0.1) is 10.6 Å². The summed E-state index contributed by atoms with van der Waals surface area (Å²) in [4.78, 5) is 32.5. The van der Waals surface area contributed by atoms with Crippen LogP contribution in [0.5, 0.6) is 0 Å². The monoisotopic (exact) mass is 364 g/mol. The molecular weight excluding hydrogens is 336 g/mol. The highest BCUT2D eigenvalue weighted by Crippen LogP contribution is 2.38. The molecule has 1 aromatic carbocycles. The maximum Gasteiger partial charge on any atom is 0.543 e. The van der Waals surface area contributed by atoms with Crippen LogP contribution >= 0.6 is 0 Å². The van der Waals surface area contributed by atoms with Gasteiger partial charge in [-0.3, -0.25) is 4.89 Å². The highest BCUT2D eigenvalue weighted by atomic mass is 17.5. The Labute approximate surface area is 154 Å². The standard InChI is InChI=1S/C20H28O6/c1-13-6-11-17(14(2)12-13)18(21)24-26-25-19(22)23-16-9-7-15(8-10-16)20(3,4)5/h6,11-12,15-16H,7-10H2,1-5H3. The van der Waals surface area contributed by atoms with E-state index in [-0.39, 0.29) is 11.5 Å². The number of hydrogen-bond acceptors (Lipinski definition) is 6. The largest absolute Gasteiger partial charge is 0.543 e. The maximum absolute atomic E-state index is 11.9. The zero-order valence-electron chi connectivity index (χ0n) is 16.2. The van der Waals surface area contributed by atoms with Crippen LogP contribution in [0.4, 0.5) is 4.79 Å². The predicted octanol–water partition coefficient (Wildman–Crippen LogP) is 5.06. The first kappa shape index (κ1) is 20.2. The molecule has 6 heteroatoms. The summed E-state index contributed by atoms with van der Waals surface area (Å²) >= 11 is 0. The fourth-order valence-corrected chi connectivity index (χ4v) is 3.37. The number of hydrogen-bond donors (Lipinski definition) is 0. The third-order valence-corrected chi connectivity index (χ3v) is 4.98. The van der Waals surface area contributed by atoms with Gasteiger partial charge in [0, 0.05) is 0 Å². The number of ether oxygens (including phenoxy) is 1. The van der Waals surface area contributed by atoms with Gasteiger partial charge in [0.1, 0.15) is 6.10 Å². The van der Waals surface area contributed by atoms with Gasteiger partial charge in [-0.05, 0) is 62.5 Å². The average molecular weight is 364 g/mol. The van der Waals surface area contributed by atoms with Crippen molar-refractivity contribution in [3.63, 3.8) is 0 Å². The molecule has 1 aliphatic carbocycles. The Kier molecular flexibility index (Phi) is 6.64. The maximum atomic E-state index is 11.9. The van der Waals surface area contributed by atoms with Crippen LogP contribution in [0.1, 0.15) is 67.9 Å². The van der Waals surface area contributed by atoms with Gasteiger partial charge in [-0.2, -0.15) is 0 Å². The number of carbonyl (C=O) groups excluding carboxylic acids is 2. The molecule has 0 atom stereocenters. The molecule has 6 nitrogen and oxygen atoms in total. The molecule has 0 bridgehead atoms. The van der Waals surface area contributed by atoms with Crippen LogP contribution in [0.3, 0.4) is 0 Å². The normalized spacial score (nSPS) is 20.3. The molecule has 0 heterocycles. The Morgan fingerprint density at radius 1 is 1.00 bits per heavy atom. The topological polar surface area (TPSA) is 71.1 Å². The lowest BCUT2D eigenvalue weighted by Crippen LogP contribution is -2.30. The molecule has 1 saturated carbocycles. The van der Waals surface area contributed by atoms with E-state index in [0.29, 0.717) is 11.5 Å². The first-order valence-corrected chi connectivity index (χ1v) is 9.00. The summed E-state index contributed by atoms with van der Waals surface area (Å²) in [6.07, 6.45) is 2.39. The summed E-state index contributed by atoms with van der Waals surface area (Å²) in [6.45, 7) is 10.4. The van der Waals surface area contributed by atoms with Gasteiger partial charge in [-0.1, -0.05) is 38.5 Å². The van der Waals surface area contributed by atoms with Crippen LogP contribution in [-0.4, -0.2) is 18.2 Å². The summed E-state index contributed by atoms with van der Waals surface area (Å²) < 4.78 is 5.20. The Bertz CT molecular complexity index is 638. The number of benzene rings is 1. The van der Waals surface area contributed by atoms with Crippen molar-refractivity contribution in [2.75, 3.05) is 0 Å². The van der Waals surface area contributed by atoms with Gasteiger partial charge < -0.3 is 4.74 Å². The molecule has 1 fully saturated rings. The Morgan fingerprint density at radius 2 is 1.65 bits per heavy atom. The predicted molar refractivity (Wildman–Crippen MR) is 95.2 cm³/mol. The quantitative estimate of drug-likeness (QED) is 0.422. The second-order valence-corrected chi connectivity index (χ2v) is 8.05. The summed E-state index contributed by atoms with van der Waals surface area (Å²) in [7, 11) is 0. The van der Waals surface area contributed by atoms with Gasteiger partial charge >= 0.3 is 12.1 Å². The Balaban J connectivity index is 1.70. The summed E-state index contributed by atoms with van der Waals surface area (Å²) in [5.74, 6) is -0.116. The lowest BCUT2D eigenvalue weighted by Gasteiger charge is -2.36. The van der Waals surface area contributed by atoms with Crippen LogP contribution in [0.15, 0.2) is 18.2 Å². The van der Waals surface area contributed by atoms with E-state index < -0.39 is 12.1 Å². The van der Waals surface area contributed by atoms with Crippen LogP contribution in [0.2, 0.25) is 0 Å². The highest BCUT2D eigenvalue weighted by molar-refractivity contribution is 5.90. The van der Waals surface area contributed by atoms with Crippen molar-refractivity contribution in [3.05, 3.63) is 34.9 Å². The number of rotatable bonds is 4. The summed E-state index contributed by atoms with van der Waals surface area (Å²) in [6, 6.07) is 5.26. The van der Waals surface area contributed by atoms with Crippen molar-refractivity contribution in [2.24, 2.45) is 11.3 Å². The first-order valence-electron chi connectivity index (χ1n) is 9.00. The van der Waals surface area contributed by atoms with E-state index in [9.17, 15) is 9.59 Å². The molecule has 0 aliphatic heterocycles. The molecule has 0 radical (unpaired) electrons. The number of aryl methyl sites for hydroxylation is 2. The minimum absolute atomic E-state index is 0.195. The van der Waals surface area contributed by atoms with Crippen molar-refractivity contribution in [3.8, 4) is 0 Å². The van der Waals surface area contributed by atoms with Crippen molar-refractivity contribution in [1.82, 2.24) is 0 Å². The molecule has 144 valence electrons. The lowest BCUT2D eigenvalue weighted by molar-refractivity contribution is -0.453. The fraction of sp³-hybridized carbons (Fsp3) is 0.600. The summed E-state index contributed by atoms with van der Waals surface area (Å²) in [5.41, 5.74) is 2.38. The Morgan fingerprint density at radius 3 is 2.23 bits per heavy atom. The SMILES string of the molecule is Cc1ccc(C(=O)OOOC(=O)OC2CCC(C(C)(C)C)CC2)c(C)c1. The van der Waals surface area contributed by atoms with Gasteiger partial charge in [0.25, 0.3) is 0 Å². The highest BCUT2D eigenvalue weighted by Gasteiger charge is 2.31. The van der Waals surface area contributed by atoms with E-state index in [2.05, 4.69) is 35.6 Å². The average Bonchev–Trinajstić information content (AvgIpc) is 2.54. The van der Waals surface area contributed by atoms with Crippen molar-refractivity contribution >= 4 is 12.1 Å². The van der Waals surface area contributed by atoms with E-state index in [1.54, 1.807) is 19.1 Å². The van der Waals surface area contributed by atoms with Crippen LogP contribution in [0.25, 0.3) is 0 Å². The van der Waals surface area contributed by atoms with Crippen LogP contribution in [-0.2, 0) is 19.6 Å². The zero-order valence-corrected chi connectivity index (χ0v) is 16.2. The lowest BCUT2D eigenvalue weighted by atomic mass is 9.72. The smallest absolute Gasteiger partial charge is 0.429 e. The minimum Gasteiger partial charge on any atom is -0.429 e. The second kappa shape index (κ2) is 8.54. The molecule has 0 N–H and O–H groups in total. The van der Waals surface area contributed by atoms with Gasteiger partial charge in [0.2, 0.25) is 0 Å². The minimum atomic E-state index is -1.00. The van der Waals surface area contributed by atoms with E-state index in [1.807, 2.05) is 13.0 Å². The molecule has 26 heavy (non-hydrogen) atoms. The van der Waals surface area contributed by atoms with Crippen LogP contribution in [0, 0.1) is 25.2 Å². The molecule has 1 aromatic rings. The molecule has 0 amide bonds. The first-order chi connectivity index (χ1) is 12.2. The molecule has 0 saturated heterocycles. The van der Waals surface area contributed by atoms with E-state index in [4.69, 9.17) is 4.74 Å². The van der Waals surface area contributed by atoms with Gasteiger partial charge in [0.15, 0.2) is 0 Å². The molecule has 0 unspecified atom stereocenters. The van der Waals surface area contributed by atoms with E-state index >= 15 is 0 Å². The third kappa shape index (κ3) is 5.73. The summed E-state index contributed by atoms with van der Waals surface area (Å²) in [5, 5.41) is 4.29. The molecule has 0 aromatic heterocycles. The van der Waals surface area contributed by atoms with Crippen LogP contribution < -0.4 is 0 Å².